The van der Waals surface area contributed by atoms with Crippen molar-refractivity contribution in [3.05, 3.63) is 11.6 Å². The predicted molar refractivity (Wildman–Crippen MR) is 154 cm³/mol. The molecular formula is C34H56O4. The summed E-state index contributed by atoms with van der Waals surface area (Å²) in [7, 11) is 0. The van der Waals surface area contributed by atoms with Crippen molar-refractivity contribution >= 4 is 11.9 Å². The number of carbonyl (C=O) groups excluding carboxylic acids is 1. The van der Waals surface area contributed by atoms with Crippen LogP contribution in [-0.2, 0) is 14.3 Å². The summed E-state index contributed by atoms with van der Waals surface area (Å²) in [6.45, 7) is 14.9. The van der Waals surface area contributed by atoms with Gasteiger partial charge in [0, 0.05) is 19.3 Å². The standard InChI is InChI=1S/C34H56O4/c1-7-24(22(2)3)12-11-23(4)28-15-16-29-27-14-13-25-21-26(38-32(37)10-8-9-31(35)36)17-19-33(25,5)30(27)18-20-34(28,29)6/h13,22-24,26-30H,7-12,14-21H2,1-6H3,(H,35,36)/t23-,24-,26+,27+,28-,29+,30+,33+,34-/m1/s1. The molecule has 3 fully saturated rings. The van der Waals surface area contributed by atoms with E-state index in [0.717, 1.165) is 60.7 Å². The highest BCUT2D eigenvalue weighted by molar-refractivity contribution is 5.71. The van der Waals surface area contributed by atoms with Crippen LogP contribution >= 0.6 is 0 Å². The Morgan fingerprint density at radius 3 is 2.47 bits per heavy atom. The summed E-state index contributed by atoms with van der Waals surface area (Å²) >= 11 is 0. The number of carbonyl (C=O) groups is 2. The number of carboxylic acid groups (broad SMARTS) is 1. The molecule has 4 aliphatic carbocycles. The molecule has 0 aromatic rings. The van der Waals surface area contributed by atoms with E-state index in [-0.39, 0.29) is 30.3 Å². The minimum atomic E-state index is -0.851. The topological polar surface area (TPSA) is 63.6 Å². The molecular weight excluding hydrogens is 472 g/mol. The summed E-state index contributed by atoms with van der Waals surface area (Å²) < 4.78 is 5.82. The van der Waals surface area contributed by atoms with E-state index < -0.39 is 5.97 Å². The van der Waals surface area contributed by atoms with Gasteiger partial charge in [0.2, 0.25) is 0 Å². The molecule has 38 heavy (non-hydrogen) atoms. The molecule has 0 aromatic carbocycles. The summed E-state index contributed by atoms with van der Waals surface area (Å²) in [5, 5.41) is 8.83. The smallest absolute Gasteiger partial charge is 0.306 e. The zero-order valence-electron chi connectivity index (χ0n) is 25.3. The van der Waals surface area contributed by atoms with Gasteiger partial charge >= 0.3 is 11.9 Å². The second kappa shape index (κ2) is 12.0. The molecule has 9 atom stereocenters. The van der Waals surface area contributed by atoms with Crippen LogP contribution < -0.4 is 0 Å². The fourth-order valence-electron chi connectivity index (χ4n) is 10.0. The number of aliphatic carboxylic acids is 1. The summed E-state index contributed by atoms with van der Waals surface area (Å²) in [5.41, 5.74) is 2.30. The van der Waals surface area contributed by atoms with Gasteiger partial charge in [0.25, 0.3) is 0 Å². The molecule has 4 heteroatoms. The van der Waals surface area contributed by atoms with Crippen molar-refractivity contribution < 1.29 is 19.4 Å². The van der Waals surface area contributed by atoms with E-state index in [1.807, 2.05) is 0 Å². The van der Waals surface area contributed by atoms with Crippen LogP contribution in [0.5, 0.6) is 0 Å². The largest absolute Gasteiger partial charge is 0.481 e. The van der Waals surface area contributed by atoms with Gasteiger partial charge in [-0.15, -0.1) is 0 Å². The van der Waals surface area contributed by atoms with Gasteiger partial charge in [-0.3, -0.25) is 9.59 Å². The molecule has 0 aliphatic heterocycles. The van der Waals surface area contributed by atoms with E-state index >= 15 is 0 Å². The number of hydrogen-bond donors (Lipinski definition) is 1. The van der Waals surface area contributed by atoms with Crippen LogP contribution in [0.15, 0.2) is 11.6 Å². The zero-order chi connectivity index (χ0) is 27.7. The van der Waals surface area contributed by atoms with Gasteiger partial charge < -0.3 is 9.84 Å². The molecule has 0 saturated heterocycles. The first-order valence-electron chi connectivity index (χ1n) is 16.1. The molecule has 4 nitrogen and oxygen atoms in total. The van der Waals surface area contributed by atoms with Crippen LogP contribution in [0.3, 0.4) is 0 Å². The first-order chi connectivity index (χ1) is 18.0. The number of esters is 1. The average Bonchev–Trinajstić information content (AvgIpc) is 3.21. The SMILES string of the molecule is CC[C@H](CC[C@@H](C)[C@H]1CC[C@H]2[C@@H]3CC=C4C[C@@H](OC(=O)CCCC(=O)O)CC[C@]4(C)[C@H]3CC[C@]12C)C(C)C. The molecule has 0 heterocycles. The second-order valence-electron chi connectivity index (χ2n) is 14.6. The van der Waals surface area contributed by atoms with Gasteiger partial charge in [-0.2, -0.15) is 0 Å². The lowest BCUT2D eigenvalue weighted by atomic mass is 9.47. The highest BCUT2D eigenvalue weighted by Crippen LogP contribution is 2.67. The lowest BCUT2D eigenvalue weighted by Gasteiger charge is -2.58. The fourth-order valence-corrected chi connectivity index (χ4v) is 10.0. The molecule has 216 valence electrons. The summed E-state index contributed by atoms with van der Waals surface area (Å²) in [4.78, 5) is 23.1. The summed E-state index contributed by atoms with van der Waals surface area (Å²) in [5.74, 6) is 4.76. The van der Waals surface area contributed by atoms with Crippen LogP contribution in [0.2, 0.25) is 0 Å². The lowest BCUT2D eigenvalue weighted by molar-refractivity contribution is -0.151. The Morgan fingerprint density at radius 1 is 1.03 bits per heavy atom. The van der Waals surface area contributed by atoms with Gasteiger partial charge in [-0.05, 0) is 110 Å². The van der Waals surface area contributed by atoms with Crippen molar-refractivity contribution in [1.29, 1.82) is 0 Å². The molecule has 0 unspecified atom stereocenters. The van der Waals surface area contributed by atoms with Gasteiger partial charge in [0.1, 0.15) is 6.10 Å². The second-order valence-corrected chi connectivity index (χ2v) is 14.6. The Balaban J connectivity index is 1.38. The molecule has 4 rings (SSSR count). The maximum absolute atomic E-state index is 12.3. The summed E-state index contributed by atoms with van der Waals surface area (Å²) in [6, 6.07) is 0. The van der Waals surface area contributed by atoms with E-state index in [0.29, 0.717) is 11.8 Å². The minimum absolute atomic E-state index is 0.0307. The van der Waals surface area contributed by atoms with Crippen molar-refractivity contribution in [3.8, 4) is 0 Å². The Hall–Kier alpha value is -1.32. The van der Waals surface area contributed by atoms with Crippen LogP contribution in [-0.4, -0.2) is 23.1 Å². The number of carboxylic acids is 1. The fraction of sp³-hybridized carbons (Fsp3) is 0.882. The van der Waals surface area contributed by atoms with Gasteiger partial charge in [-0.1, -0.05) is 66.0 Å². The Kier molecular flexibility index (Phi) is 9.40. The van der Waals surface area contributed by atoms with Gasteiger partial charge in [-0.25, -0.2) is 0 Å². The number of rotatable bonds is 11. The molecule has 0 radical (unpaired) electrons. The first-order valence-corrected chi connectivity index (χ1v) is 16.1. The normalized spacial score (nSPS) is 38.0. The highest BCUT2D eigenvalue weighted by atomic mass is 16.5. The number of ether oxygens (including phenoxy) is 1. The quantitative estimate of drug-likeness (QED) is 0.215. The molecule has 3 saturated carbocycles. The van der Waals surface area contributed by atoms with E-state index in [1.54, 1.807) is 5.57 Å². The molecule has 0 amide bonds. The third-order valence-corrected chi connectivity index (χ3v) is 12.3. The molecule has 0 bridgehead atoms. The van der Waals surface area contributed by atoms with E-state index in [2.05, 4.69) is 47.6 Å². The first kappa shape index (κ1) is 29.7. The van der Waals surface area contributed by atoms with Crippen molar-refractivity contribution in [2.24, 2.45) is 52.3 Å². The number of fused-ring (bicyclic) bond motifs is 5. The van der Waals surface area contributed by atoms with Crippen molar-refractivity contribution in [2.75, 3.05) is 0 Å². The molecule has 1 N–H and O–H groups in total. The lowest BCUT2D eigenvalue weighted by Crippen LogP contribution is -2.51. The number of hydrogen-bond acceptors (Lipinski definition) is 3. The van der Waals surface area contributed by atoms with Gasteiger partial charge in [0.05, 0.1) is 0 Å². The van der Waals surface area contributed by atoms with E-state index in [1.165, 1.54) is 51.4 Å². The van der Waals surface area contributed by atoms with Crippen LogP contribution in [0.4, 0.5) is 0 Å². The van der Waals surface area contributed by atoms with Crippen molar-refractivity contribution in [2.45, 2.75) is 138 Å². The van der Waals surface area contributed by atoms with Crippen LogP contribution in [0.25, 0.3) is 0 Å². The van der Waals surface area contributed by atoms with Crippen LogP contribution in [0.1, 0.15) is 131 Å². The molecule has 4 aliphatic rings. The average molecular weight is 529 g/mol. The Morgan fingerprint density at radius 2 is 1.79 bits per heavy atom. The Labute approximate surface area is 232 Å². The van der Waals surface area contributed by atoms with Gasteiger partial charge in [0.15, 0.2) is 0 Å². The van der Waals surface area contributed by atoms with Crippen LogP contribution in [0, 0.1) is 52.3 Å². The minimum Gasteiger partial charge on any atom is -0.481 e. The van der Waals surface area contributed by atoms with E-state index in [9.17, 15) is 9.59 Å². The highest BCUT2D eigenvalue weighted by Gasteiger charge is 2.59. The monoisotopic (exact) mass is 528 g/mol. The maximum atomic E-state index is 12.3. The Bertz CT molecular complexity index is 876. The zero-order valence-corrected chi connectivity index (χ0v) is 25.3. The van der Waals surface area contributed by atoms with Crippen molar-refractivity contribution in [1.82, 2.24) is 0 Å². The number of allylic oxidation sites excluding steroid dienone is 1. The third kappa shape index (κ3) is 5.90. The van der Waals surface area contributed by atoms with Crippen molar-refractivity contribution in [3.63, 3.8) is 0 Å². The third-order valence-electron chi connectivity index (χ3n) is 12.3. The maximum Gasteiger partial charge on any atom is 0.306 e. The van der Waals surface area contributed by atoms with E-state index in [4.69, 9.17) is 9.84 Å². The predicted octanol–water partition coefficient (Wildman–Crippen LogP) is 8.83. The molecule has 0 aromatic heterocycles. The molecule has 0 spiro atoms. The summed E-state index contributed by atoms with van der Waals surface area (Å²) in [6.07, 6.45) is 17.0.